The minimum atomic E-state index is -0.489. The minimum Gasteiger partial charge on any atom is -0.494 e. The largest absolute Gasteiger partial charge is 0.494 e. The summed E-state index contributed by atoms with van der Waals surface area (Å²) in [6, 6.07) is 20.9. The highest BCUT2D eigenvalue weighted by atomic mass is 16.5. The van der Waals surface area contributed by atoms with Crippen molar-refractivity contribution >= 4 is 17.9 Å². The van der Waals surface area contributed by atoms with Crippen LogP contribution in [0.15, 0.2) is 98.3 Å². The number of unbranched alkanes of at least 4 members (excludes halogenated alkanes) is 1. The van der Waals surface area contributed by atoms with Gasteiger partial charge in [0.15, 0.2) is 0 Å². The molecule has 0 bridgehead atoms. The summed E-state index contributed by atoms with van der Waals surface area (Å²) in [7, 11) is 0. The van der Waals surface area contributed by atoms with Crippen molar-refractivity contribution in [3.8, 4) is 29.1 Å². The molecule has 3 rings (SSSR count). The number of esters is 3. The standard InChI is InChI=1S/C34H32O8/c1-3-32(35)41-24-6-5-23-39-29-17-13-27(14-18-29)10-9-26-11-15-28(16-12-26)34(37)42-31-21-19-30(20-22-31)40-25-7-8-33(36)38-4-2/h3-4,11-22H,1-2,5-8,23-25H2. The number of hydrogen-bond donors (Lipinski definition) is 0. The van der Waals surface area contributed by atoms with Crippen molar-refractivity contribution in [3.05, 3.63) is 115 Å². The summed E-state index contributed by atoms with van der Waals surface area (Å²) >= 11 is 0. The van der Waals surface area contributed by atoms with E-state index >= 15 is 0 Å². The molecule has 0 spiro atoms. The van der Waals surface area contributed by atoms with Gasteiger partial charge < -0.3 is 23.7 Å². The Balaban J connectivity index is 1.40. The zero-order valence-corrected chi connectivity index (χ0v) is 23.2. The quantitative estimate of drug-likeness (QED) is 0.0547. The molecule has 8 heteroatoms. The van der Waals surface area contributed by atoms with Crippen molar-refractivity contribution in [2.45, 2.75) is 25.7 Å². The maximum absolute atomic E-state index is 12.5. The molecule has 42 heavy (non-hydrogen) atoms. The Morgan fingerprint density at radius 3 is 1.79 bits per heavy atom. The van der Waals surface area contributed by atoms with Crippen LogP contribution in [0.25, 0.3) is 0 Å². The number of rotatable bonds is 15. The van der Waals surface area contributed by atoms with Crippen LogP contribution in [0.1, 0.15) is 47.2 Å². The van der Waals surface area contributed by atoms with E-state index in [1.165, 1.54) is 0 Å². The lowest BCUT2D eigenvalue weighted by atomic mass is 10.1. The van der Waals surface area contributed by atoms with Gasteiger partial charge in [0, 0.05) is 23.6 Å². The number of hydrogen-bond acceptors (Lipinski definition) is 8. The SMILES string of the molecule is C=COC(=O)CCCOc1ccc(OC(=O)c2ccc(C#Cc3ccc(OCCCCOC(=O)C=C)cc3)cc2)cc1. The first-order valence-corrected chi connectivity index (χ1v) is 13.4. The van der Waals surface area contributed by atoms with Crippen molar-refractivity contribution in [1.82, 2.24) is 0 Å². The average Bonchev–Trinajstić information content (AvgIpc) is 3.01. The molecular weight excluding hydrogens is 536 g/mol. The fourth-order valence-electron chi connectivity index (χ4n) is 3.42. The highest BCUT2D eigenvalue weighted by Crippen LogP contribution is 2.19. The Morgan fingerprint density at radius 1 is 0.667 bits per heavy atom. The zero-order chi connectivity index (χ0) is 30.0. The van der Waals surface area contributed by atoms with E-state index in [1.54, 1.807) is 48.5 Å². The molecular formula is C34H32O8. The lowest BCUT2D eigenvalue weighted by Gasteiger charge is -2.08. The van der Waals surface area contributed by atoms with Crippen LogP contribution in [0, 0.1) is 11.8 Å². The van der Waals surface area contributed by atoms with Gasteiger partial charge in [0.05, 0.1) is 31.6 Å². The van der Waals surface area contributed by atoms with Gasteiger partial charge in [-0.25, -0.2) is 9.59 Å². The van der Waals surface area contributed by atoms with Crippen LogP contribution in [0.3, 0.4) is 0 Å². The molecule has 0 heterocycles. The molecule has 216 valence electrons. The van der Waals surface area contributed by atoms with E-state index in [1.807, 2.05) is 24.3 Å². The Labute approximate surface area is 245 Å². The second kappa shape index (κ2) is 17.4. The van der Waals surface area contributed by atoms with E-state index in [0.717, 1.165) is 35.6 Å². The highest BCUT2D eigenvalue weighted by molar-refractivity contribution is 5.91. The summed E-state index contributed by atoms with van der Waals surface area (Å²) in [6.45, 7) is 7.90. The Hall–Kier alpha value is -5.29. The third-order valence-corrected chi connectivity index (χ3v) is 5.59. The summed E-state index contributed by atoms with van der Waals surface area (Å²) in [5.74, 6) is 6.62. The van der Waals surface area contributed by atoms with Crippen LogP contribution in [0.4, 0.5) is 0 Å². The highest BCUT2D eigenvalue weighted by Gasteiger charge is 2.09. The molecule has 0 aromatic heterocycles. The average molecular weight is 569 g/mol. The maximum Gasteiger partial charge on any atom is 0.343 e. The third kappa shape index (κ3) is 11.4. The molecule has 0 aliphatic rings. The van der Waals surface area contributed by atoms with Gasteiger partial charge in [0.1, 0.15) is 17.2 Å². The number of carbonyl (C=O) groups is 3. The number of benzene rings is 3. The first-order chi connectivity index (χ1) is 20.5. The molecule has 0 saturated heterocycles. The minimum absolute atomic E-state index is 0.232. The smallest absolute Gasteiger partial charge is 0.343 e. The predicted octanol–water partition coefficient (Wildman–Crippen LogP) is 6.04. The van der Waals surface area contributed by atoms with Gasteiger partial charge in [-0.2, -0.15) is 0 Å². The van der Waals surface area contributed by atoms with Crippen LogP contribution < -0.4 is 14.2 Å². The van der Waals surface area contributed by atoms with Crippen LogP contribution >= 0.6 is 0 Å². The number of carbonyl (C=O) groups excluding carboxylic acids is 3. The maximum atomic E-state index is 12.5. The monoisotopic (exact) mass is 568 g/mol. The molecule has 0 fully saturated rings. The third-order valence-electron chi connectivity index (χ3n) is 5.59. The Kier molecular flexibility index (Phi) is 13.0. The van der Waals surface area contributed by atoms with Crippen molar-refractivity contribution in [2.24, 2.45) is 0 Å². The molecule has 0 unspecified atom stereocenters. The molecule has 0 amide bonds. The molecule has 0 atom stereocenters. The summed E-state index contributed by atoms with van der Waals surface area (Å²) in [6.07, 6.45) is 4.45. The van der Waals surface area contributed by atoms with Crippen molar-refractivity contribution in [3.63, 3.8) is 0 Å². The first-order valence-electron chi connectivity index (χ1n) is 13.4. The van der Waals surface area contributed by atoms with Gasteiger partial charge in [0.2, 0.25) is 0 Å². The van der Waals surface area contributed by atoms with Crippen LogP contribution in [0.2, 0.25) is 0 Å². The van der Waals surface area contributed by atoms with Crippen LogP contribution in [-0.2, 0) is 19.1 Å². The summed E-state index contributed by atoms with van der Waals surface area (Å²) in [5.41, 5.74) is 1.97. The van der Waals surface area contributed by atoms with Crippen LogP contribution in [-0.4, -0.2) is 37.7 Å². The van der Waals surface area contributed by atoms with Crippen LogP contribution in [0.5, 0.6) is 17.2 Å². The predicted molar refractivity (Wildman–Crippen MR) is 157 cm³/mol. The van der Waals surface area contributed by atoms with E-state index in [2.05, 4.69) is 29.7 Å². The molecule has 8 nitrogen and oxygen atoms in total. The zero-order valence-electron chi connectivity index (χ0n) is 23.2. The van der Waals surface area contributed by atoms with E-state index in [-0.39, 0.29) is 12.4 Å². The molecule has 0 aliphatic carbocycles. The van der Waals surface area contributed by atoms with E-state index in [0.29, 0.717) is 49.7 Å². The molecule has 0 N–H and O–H groups in total. The van der Waals surface area contributed by atoms with Gasteiger partial charge in [-0.05, 0) is 92.1 Å². The molecule has 0 radical (unpaired) electrons. The van der Waals surface area contributed by atoms with Gasteiger partial charge in [0.25, 0.3) is 0 Å². The van der Waals surface area contributed by atoms with Crippen molar-refractivity contribution in [2.75, 3.05) is 19.8 Å². The van der Waals surface area contributed by atoms with Crippen molar-refractivity contribution in [1.29, 1.82) is 0 Å². The Morgan fingerprint density at radius 2 is 1.19 bits per heavy atom. The van der Waals surface area contributed by atoms with Gasteiger partial charge in [-0.1, -0.05) is 25.0 Å². The molecule has 3 aromatic rings. The van der Waals surface area contributed by atoms with Gasteiger partial charge >= 0.3 is 17.9 Å². The molecule has 0 saturated carbocycles. The summed E-state index contributed by atoms with van der Waals surface area (Å²) in [5, 5.41) is 0. The summed E-state index contributed by atoms with van der Waals surface area (Å²) < 4.78 is 26.3. The molecule has 0 aliphatic heterocycles. The lowest BCUT2D eigenvalue weighted by Crippen LogP contribution is -2.08. The topological polar surface area (TPSA) is 97.4 Å². The Bertz CT molecular complexity index is 1400. The van der Waals surface area contributed by atoms with E-state index in [4.69, 9.17) is 18.9 Å². The lowest BCUT2D eigenvalue weighted by molar-refractivity contribution is -0.139. The normalized spacial score (nSPS) is 9.90. The fraction of sp³-hybridized carbons (Fsp3) is 0.206. The summed E-state index contributed by atoms with van der Waals surface area (Å²) in [4.78, 5) is 34.8. The molecule has 3 aromatic carbocycles. The second-order valence-electron chi connectivity index (χ2n) is 8.75. The van der Waals surface area contributed by atoms with Gasteiger partial charge in [-0.15, -0.1) is 0 Å². The first kappa shape index (κ1) is 31.2. The second-order valence-corrected chi connectivity index (χ2v) is 8.75. The number of ether oxygens (including phenoxy) is 5. The van der Waals surface area contributed by atoms with Gasteiger partial charge in [-0.3, -0.25) is 4.79 Å². The fourth-order valence-corrected chi connectivity index (χ4v) is 3.42. The van der Waals surface area contributed by atoms with Crippen molar-refractivity contribution < 1.29 is 38.1 Å². The van der Waals surface area contributed by atoms with E-state index < -0.39 is 11.9 Å². The van der Waals surface area contributed by atoms with E-state index in [9.17, 15) is 14.4 Å².